The van der Waals surface area contributed by atoms with Crippen LogP contribution in [0.4, 0.5) is 0 Å². The van der Waals surface area contributed by atoms with Gasteiger partial charge in [0.15, 0.2) is 0 Å². The van der Waals surface area contributed by atoms with Gasteiger partial charge in [0.1, 0.15) is 12.4 Å². The summed E-state index contributed by atoms with van der Waals surface area (Å²) in [5.41, 5.74) is 6.73. The zero-order valence-corrected chi connectivity index (χ0v) is 13.4. The molecule has 0 unspecified atom stereocenters. The molecule has 0 aromatic heterocycles. The molecule has 4 heteroatoms. The van der Waals surface area contributed by atoms with E-state index in [1.54, 1.807) is 0 Å². The van der Waals surface area contributed by atoms with Gasteiger partial charge in [-0.15, -0.1) is 0 Å². The zero-order valence-electron chi connectivity index (χ0n) is 13.4. The summed E-state index contributed by atoms with van der Waals surface area (Å²) in [6, 6.07) is 8.06. The second-order valence-electron chi connectivity index (χ2n) is 6.23. The predicted molar refractivity (Wildman–Crippen MR) is 87.5 cm³/mol. The lowest BCUT2D eigenvalue weighted by atomic mass is 10.2. The van der Waals surface area contributed by atoms with E-state index < -0.39 is 0 Å². The maximum Gasteiger partial charge on any atom is 0.119 e. The average molecular weight is 291 g/mol. The first kappa shape index (κ1) is 16.3. The van der Waals surface area contributed by atoms with E-state index in [0.29, 0.717) is 6.54 Å². The number of rotatable bonds is 7. The van der Waals surface area contributed by atoms with Gasteiger partial charge in [0.2, 0.25) is 0 Å². The van der Waals surface area contributed by atoms with E-state index >= 15 is 0 Å². The number of hydrogen-bond donors (Lipinski definition) is 1. The van der Waals surface area contributed by atoms with Crippen molar-refractivity contribution in [2.45, 2.75) is 20.4 Å². The molecule has 2 N–H and O–H groups in total. The Hall–Kier alpha value is -1.10. The molecule has 1 heterocycles. The van der Waals surface area contributed by atoms with E-state index in [2.05, 4.69) is 23.6 Å². The molecule has 4 nitrogen and oxygen atoms in total. The monoisotopic (exact) mass is 291 g/mol. The molecule has 1 aliphatic rings. The first-order valence-electron chi connectivity index (χ1n) is 8.04. The minimum absolute atomic E-state index is 0.584. The maximum atomic E-state index is 5.80. The summed E-state index contributed by atoms with van der Waals surface area (Å²) in [6.07, 6.45) is 0. The highest BCUT2D eigenvalue weighted by Crippen LogP contribution is 2.12. The third kappa shape index (κ3) is 5.65. The lowest BCUT2D eigenvalue weighted by Gasteiger charge is -2.35. The van der Waals surface area contributed by atoms with Crippen LogP contribution >= 0.6 is 0 Å². The second-order valence-corrected chi connectivity index (χ2v) is 6.23. The Bertz CT molecular complexity index is 397. The van der Waals surface area contributed by atoms with Gasteiger partial charge < -0.3 is 15.4 Å². The number of benzene rings is 1. The average Bonchev–Trinajstić information content (AvgIpc) is 2.49. The van der Waals surface area contributed by atoms with Crippen molar-refractivity contribution in [3.63, 3.8) is 0 Å². The van der Waals surface area contributed by atoms with Crippen LogP contribution in [-0.2, 0) is 6.54 Å². The van der Waals surface area contributed by atoms with Gasteiger partial charge in [-0.2, -0.15) is 0 Å². The molecule has 0 spiro atoms. The Morgan fingerprint density at radius 3 is 2.24 bits per heavy atom. The summed E-state index contributed by atoms with van der Waals surface area (Å²) in [7, 11) is 0. The van der Waals surface area contributed by atoms with E-state index in [4.69, 9.17) is 10.5 Å². The number of ether oxygens (including phenoxy) is 1. The number of nitrogens with two attached hydrogens (primary N) is 1. The van der Waals surface area contributed by atoms with Gasteiger partial charge in [-0.25, -0.2) is 0 Å². The Balaban J connectivity index is 1.63. The van der Waals surface area contributed by atoms with Crippen LogP contribution in [0.1, 0.15) is 19.4 Å². The summed E-state index contributed by atoms with van der Waals surface area (Å²) < 4.78 is 5.80. The normalized spacial score (nSPS) is 17.3. The molecular formula is C17H29N3O. The van der Waals surface area contributed by atoms with E-state index in [0.717, 1.165) is 43.5 Å². The van der Waals surface area contributed by atoms with Crippen LogP contribution in [0.15, 0.2) is 24.3 Å². The van der Waals surface area contributed by atoms with Crippen LogP contribution in [0.2, 0.25) is 0 Å². The fourth-order valence-electron chi connectivity index (χ4n) is 2.73. The van der Waals surface area contributed by atoms with Crippen molar-refractivity contribution in [3.05, 3.63) is 29.8 Å². The molecule has 1 saturated heterocycles. The quantitative estimate of drug-likeness (QED) is 0.832. The molecule has 0 radical (unpaired) electrons. The van der Waals surface area contributed by atoms with Gasteiger partial charge >= 0.3 is 0 Å². The summed E-state index contributed by atoms with van der Waals surface area (Å²) in [5.74, 6) is 1.70. The predicted octanol–water partition coefficient (Wildman–Crippen LogP) is 1.80. The van der Waals surface area contributed by atoms with Crippen LogP contribution in [-0.4, -0.2) is 55.7 Å². The molecule has 0 bridgehead atoms. The minimum Gasteiger partial charge on any atom is -0.492 e. The lowest BCUT2D eigenvalue weighted by molar-refractivity contribution is 0.109. The topological polar surface area (TPSA) is 41.7 Å². The largest absolute Gasteiger partial charge is 0.492 e. The summed E-state index contributed by atoms with van der Waals surface area (Å²) in [6.45, 7) is 12.8. The summed E-state index contributed by atoms with van der Waals surface area (Å²) in [5, 5.41) is 0. The van der Waals surface area contributed by atoms with Gasteiger partial charge in [-0.05, 0) is 23.6 Å². The molecular weight excluding hydrogens is 262 g/mol. The van der Waals surface area contributed by atoms with Gasteiger partial charge in [0, 0.05) is 45.8 Å². The Morgan fingerprint density at radius 1 is 1.05 bits per heavy atom. The van der Waals surface area contributed by atoms with Crippen molar-refractivity contribution in [1.29, 1.82) is 0 Å². The van der Waals surface area contributed by atoms with Gasteiger partial charge in [-0.1, -0.05) is 26.0 Å². The molecule has 2 rings (SSSR count). The number of piperazine rings is 1. The fraction of sp³-hybridized carbons (Fsp3) is 0.647. The molecule has 1 aliphatic heterocycles. The molecule has 1 aromatic carbocycles. The van der Waals surface area contributed by atoms with Crippen LogP contribution in [0.5, 0.6) is 5.75 Å². The molecule has 0 atom stereocenters. The summed E-state index contributed by atoms with van der Waals surface area (Å²) in [4.78, 5) is 5.05. The minimum atomic E-state index is 0.584. The highest BCUT2D eigenvalue weighted by atomic mass is 16.5. The van der Waals surface area contributed by atoms with Gasteiger partial charge in [0.05, 0.1) is 0 Å². The van der Waals surface area contributed by atoms with E-state index in [9.17, 15) is 0 Å². The first-order chi connectivity index (χ1) is 10.2. The van der Waals surface area contributed by atoms with Crippen LogP contribution in [0, 0.1) is 5.92 Å². The van der Waals surface area contributed by atoms with Gasteiger partial charge in [0.25, 0.3) is 0 Å². The van der Waals surface area contributed by atoms with Crippen molar-refractivity contribution < 1.29 is 4.74 Å². The number of hydrogen-bond acceptors (Lipinski definition) is 4. The Labute approximate surface area is 128 Å². The molecule has 0 aliphatic carbocycles. The molecule has 1 fully saturated rings. The highest BCUT2D eigenvalue weighted by Gasteiger charge is 2.16. The van der Waals surface area contributed by atoms with E-state index in [1.807, 2.05) is 24.3 Å². The zero-order chi connectivity index (χ0) is 15.1. The smallest absolute Gasteiger partial charge is 0.119 e. The molecule has 118 valence electrons. The standard InChI is InChI=1S/C17H29N3O/c1-15(2)14-20-9-7-19(8-10-20)11-12-21-17-5-3-16(13-18)4-6-17/h3-6,15H,7-14,18H2,1-2H3. The molecule has 21 heavy (non-hydrogen) atoms. The van der Waals surface area contributed by atoms with Crippen molar-refractivity contribution in [2.24, 2.45) is 11.7 Å². The highest BCUT2D eigenvalue weighted by molar-refractivity contribution is 5.27. The third-order valence-electron chi connectivity index (χ3n) is 3.92. The lowest BCUT2D eigenvalue weighted by Crippen LogP contribution is -2.48. The summed E-state index contributed by atoms with van der Waals surface area (Å²) >= 11 is 0. The van der Waals surface area contributed by atoms with Crippen molar-refractivity contribution in [1.82, 2.24) is 9.80 Å². The second kappa shape index (κ2) is 8.37. The molecule has 1 aromatic rings. The van der Waals surface area contributed by atoms with Crippen molar-refractivity contribution >= 4 is 0 Å². The van der Waals surface area contributed by atoms with E-state index in [-0.39, 0.29) is 0 Å². The molecule has 0 amide bonds. The SMILES string of the molecule is CC(C)CN1CCN(CCOc2ccc(CN)cc2)CC1. The van der Waals surface area contributed by atoms with Crippen LogP contribution in [0.25, 0.3) is 0 Å². The first-order valence-corrected chi connectivity index (χ1v) is 8.04. The third-order valence-corrected chi connectivity index (χ3v) is 3.92. The van der Waals surface area contributed by atoms with Crippen LogP contribution < -0.4 is 10.5 Å². The molecule has 0 saturated carbocycles. The van der Waals surface area contributed by atoms with Crippen molar-refractivity contribution in [2.75, 3.05) is 45.9 Å². The van der Waals surface area contributed by atoms with Crippen molar-refractivity contribution in [3.8, 4) is 5.75 Å². The fourth-order valence-corrected chi connectivity index (χ4v) is 2.73. The van der Waals surface area contributed by atoms with Crippen LogP contribution in [0.3, 0.4) is 0 Å². The Kier molecular flexibility index (Phi) is 6.49. The Morgan fingerprint density at radius 2 is 1.67 bits per heavy atom. The number of nitrogens with zero attached hydrogens (tertiary/aromatic N) is 2. The van der Waals surface area contributed by atoms with Gasteiger partial charge in [-0.3, -0.25) is 4.90 Å². The maximum absolute atomic E-state index is 5.80. The van der Waals surface area contributed by atoms with E-state index in [1.165, 1.54) is 19.6 Å².